The second-order valence-corrected chi connectivity index (χ2v) is 0. The molecule has 0 aliphatic heterocycles. The Balaban J connectivity index is -0.00000000762. The minimum atomic E-state index is 0. The topological polar surface area (TPSA) is 0 Å². The third-order valence-electron chi connectivity index (χ3n) is 0. The summed E-state index contributed by atoms with van der Waals surface area (Å²) in [6.07, 6.45) is 0. The van der Waals surface area contributed by atoms with Gasteiger partial charge in [-0.2, -0.15) is 27.7 Å². The first kappa shape index (κ1) is 33.4. The van der Waals surface area contributed by atoms with E-state index in [1.54, 1.807) is 27.7 Å². The van der Waals surface area contributed by atoms with E-state index in [2.05, 4.69) is 27.7 Å². The van der Waals surface area contributed by atoms with Crippen molar-refractivity contribution in [2.75, 3.05) is 0 Å². The molecule has 0 saturated carbocycles. The Morgan fingerprint density at radius 2 is 0.444 bits per heavy atom. The van der Waals surface area contributed by atoms with Gasteiger partial charge in [-0.3, -0.25) is 0 Å². The molecule has 0 aliphatic carbocycles. The zero-order chi connectivity index (χ0) is 8.00. The molecule has 0 aromatic carbocycles. The van der Waals surface area contributed by atoms with Crippen LogP contribution in [0.2, 0.25) is 0 Å². The molecule has 0 heterocycles. The Bertz CT molecular complexity index is 4.53. The van der Waals surface area contributed by atoms with Gasteiger partial charge in [0.2, 0.25) is 0 Å². The van der Waals surface area contributed by atoms with Crippen LogP contribution in [0.1, 0.15) is 27.7 Å². The molecular weight excluding hydrogens is 288 g/mol. The zero-order valence-corrected chi connectivity index (χ0v) is 9.56. The summed E-state index contributed by atoms with van der Waals surface area (Å²) >= 11 is 0. The Hall–Kier alpha value is 0.649. The van der Waals surface area contributed by atoms with E-state index in [9.17, 15) is 0 Å². The Morgan fingerprint density at radius 3 is 0.444 bits per heavy atom. The molecule has 0 spiro atoms. The average Bonchev–Trinajstić information content (AvgIpc) is 2.03. The van der Waals surface area contributed by atoms with Crippen molar-refractivity contribution >= 4 is 0 Å². The van der Waals surface area contributed by atoms with E-state index >= 15 is 0 Å². The van der Waals surface area contributed by atoms with E-state index < -0.39 is 0 Å². The molecule has 65 valence electrons. The molecule has 0 atom stereocenters. The van der Waals surface area contributed by atoms with E-state index in [1.165, 1.54) is 0 Å². The fourth-order valence-corrected chi connectivity index (χ4v) is 0. The number of hydrogen-bond donors (Lipinski definition) is 0. The summed E-state index contributed by atoms with van der Waals surface area (Å²) < 4.78 is 0. The zero-order valence-electron chi connectivity index (χ0n) is 7.16. The maximum atomic E-state index is 3.25. The average molecular weight is 308 g/mol. The van der Waals surface area contributed by atoms with Gasteiger partial charge in [0.15, 0.2) is 0 Å². The van der Waals surface area contributed by atoms with E-state index in [4.69, 9.17) is 0 Å². The second kappa shape index (κ2) is 1200. The molecule has 0 saturated heterocycles. The van der Waals surface area contributed by atoms with Gasteiger partial charge in [0.05, 0.1) is 0 Å². The van der Waals surface area contributed by atoms with Gasteiger partial charge in [-0.1, -0.05) is 0 Å². The summed E-state index contributed by atoms with van der Waals surface area (Å²) in [5, 5.41) is 0. The SMILES string of the molecule is [CH2-]C.[CH2-]C.[CH2-]C.[CH2-]C.[Ir]. The van der Waals surface area contributed by atoms with Crippen LogP contribution in [0.5, 0.6) is 0 Å². The van der Waals surface area contributed by atoms with Crippen molar-refractivity contribution in [2.45, 2.75) is 27.7 Å². The van der Waals surface area contributed by atoms with Gasteiger partial charge in [-0.15, -0.1) is 0 Å². The monoisotopic (exact) mass is 309 g/mol. The summed E-state index contributed by atoms with van der Waals surface area (Å²) in [5.41, 5.74) is 0. The third-order valence-corrected chi connectivity index (χ3v) is 0. The van der Waals surface area contributed by atoms with Crippen molar-refractivity contribution in [2.24, 2.45) is 0 Å². The minimum absolute atomic E-state index is 0. The van der Waals surface area contributed by atoms with E-state index in [-0.39, 0.29) is 20.1 Å². The Morgan fingerprint density at radius 1 is 0.444 bits per heavy atom. The summed E-state index contributed by atoms with van der Waals surface area (Å²) in [6, 6.07) is 0. The maximum Gasteiger partial charge on any atom is 0 e. The van der Waals surface area contributed by atoms with Crippen LogP contribution in [-0.4, -0.2) is 0 Å². The Labute approximate surface area is 75.8 Å². The molecule has 0 N–H and O–H groups in total. The quantitative estimate of drug-likeness (QED) is 0.602. The molecule has 0 nitrogen and oxygen atoms in total. The maximum absolute atomic E-state index is 3.25. The van der Waals surface area contributed by atoms with Crippen LogP contribution in [0.25, 0.3) is 0 Å². The Kier molecular flexibility index (Phi) is 4450. The number of rotatable bonds is 0. The van der Waals surface area contributed by atoms with Crippen molar-refractivity contribution in [3.8, 4) is 0 Å². The van der Waals surface area contributed by atoms with Crippen LogP contribution in [-0.2, 0) is 20.1 Å². The van der Waals surface area contributed by atoms with Crippen molar-refractivity contribution in [3.05, 3.63) is 27.7 Å². The summed E-state index contributed by atoms with van der Waals surface area (Å²) in [4.78, 5) is 0. The predicted octanol–water partition coefficient (Wildman–Crippen LogP) is 3.36. The minimum Gasteiger partial charge on any atom is -0.346 e. The standard InChI is InChI=1S/4C2H5.Ir/c4*1-2;/h4*1H2,2H3;/q4*-1;. The van der Waals surface area contributed by atoms with E-state index in [1.807, 2.05) is 0 Å². The molecule has 9 heavy (non-hydrogen) atoms. The fraction of sp³-hybridized carbons (Fsp3) is 0.500. The summed E-state index contributed by atoms with van der Waals surface area (Å²) in [6.45, 7) is 20.0. The van der Waals surface area contributed by atoms with Gasteiger partial charge in [0, 0.05) is 20.1 Å². The van der Waals surface area contributed by atoms with Crippen LogP contribution in [0, 0.1) is 27.7 Å². The van der Waals surface area contributed by atoms with Crippen molar-refractivity contribution < 1.29 is 20.1 Å². The van der Waals surface area contributed by atoms with Gasteiger partial charge < -0.3 is 27.7 Å². The molecule has 0 aromatic heterocycles. The first-order valence-electron chi connectivity index (χ1n) is 2.83. The van der Waals surface area contributed by atoms with Gasteiger partial charge >= 0.3 is 0 Å². The van der Waals surface area contributed by atoms with Crippen LogP contribution >= 0.6 is 0 Å². The molecule has 0 fully saturated rings. The summed E-state index contributed by atoms with van der Waals surface area (Å²) in [5.74, 6) is 0. The molecule has 1 radical (unpaired) electrons. The second-order valence-electron chi connectivity index (χ2n) is 0. The molecule has 0 rings (SSSR count). The molecule has 0 bridgehead atoms. The van der Waals surface area contributed by atoms with Gasteiger partial charge in [0.25, 0.3) is 0 Å². The fourth-order valence-electron chi connectivity index (χ4n) is 0. The van der Waals surface area contributed by atoms with Gasteiger partial charge in [0.1, 0.15) is 0 Å². The van der Waals surface area contributed by atoms with Gasteiger partial charge in [-0.05, 0) is 0 Å². The van der Waals surface area contributed by atoms with Crippen LogP contribution < -0.4 is 0 Å². The molecular formula is C8H20Ir-4. The van der Waals surface area contributed by atoms with Gasteiger partial charge in [-0.25, -0.2) is 0 Å². The third kappa shape index (κ3) is 907. The van der Waals surface area contributed by atoms with Crippen LogP contribution in [0.15, 0.2) is 0 Å². The molecule has 0 aliphatic rings. The number of hydrogen-bond acceptors (Lipinski definition) is 0. The van der Waals surface area contributed by atoms with Crippen molar-refractivity contribution in [1.29, 1.82) is 0 Å². The van der Waals surface area contributed by atoms with E-state index in [0.29, 0.717) is 0 Å². The molecule has 1 heteroatoms. The summed E-state index contributed by atoms with van der Waals surface area (Å²) in [7, 11) is 0. The van der Waals surface area contributed by atoms with Crippen LogP contribution in [0.4, 0.5) is 0 Å². The van der Waals surface area contributed by atoms with Crippen LogP contribution in [0.3, 0.4) is 0 Å². The van der Waals surface area contributed by atoms with E-state index in [0.717, 1.165) is 0 Å². The first-order chi connectivity index (χ1) is 4.00. The van der Waals surface area contributed by atoms with Crippen molar-refractivity contribution in [1.82, 2.24) is 0 Å². The molecule has 0 aromatic rings. The molecule has 0 unspecified atom stereocenters. The normalized spacial score (nSPS) is 2.67. The van der Waals surface area contributed by atoms with Crippen molar-refractivity contribution in [3.63, 3.8) is 0 Å². The largest absolute Gasteiger partial charge is 0.346 e. The predicted molar refractivity (Wildman–Crippen MR) is 44.1 cm³/mol. The molecule has 0 amide bonds. The smallest absolute Gasteiger partial charge is 0 e. The first-order valence-corrected chi connectivity index (χ1v) is 2.83.